The highest BCUT2D eigenvalue weighted by Crippen LogP contribution is 2.31. The maximum Gasteiger partial charge on any atom is 0.311 e. The van der Waals surface area contributed by atoms with E-state index < -0.39 is 24.4 Å². The minimum absolute atomic E-state index is 0.0599. The Morgan fingerprint density at radius 3 is 2.45 bits per heavy atom. The average Bonchev–Trinajstić information content (AvgIpc) is 2.74. The SMILES string of the molecule is CC[C@H]1OC(=O)[C@H](C)[C@@H](OC2OC(C)CC(NC)C2O)[C@@H](C)C[C@@H](C)C(=O)/C=C/[C@H]1C. The Hall–Kier alpha value is -1.28. The van der Waals surface area contributed by atoms with Crippen LogP contribution in [0.4, 0.5) is 0 Å². The van der Waals surface area contributed by atoms with Gasteiger partial charge in [-0.1, -0.05) is 33.8 Å². The van der Waals surface area contributed by atoms with Crippen molar-refractivity contribution in [3.05, 3.63) is 12.2 Å². The molecule has 0 bridgehead atoms. The van der Waals surface area contributed by atoms with Crippen molar-refractivity contribution in [1.82, 2.24) is 5.32 Å². The van der Waals surface area contributed by atoms with Crippen LogP contribution < -0.4 is 5.32 Å². The number of allylic oxidation sites excluding steroid dienone is 1. The summed E-state index contributed by atoms with van der Waals surface area (Å²) in [7, 11) is 1.80. The third-order valence-corrected chi connectivity index (χ3v) is 6.76. The summed E-state index contributed by atoms with van der Waals surface area (Å²) < 4.78 is 18.0. The lowest BCUT2D eigenvalue weighted by Gasteiger charge is -2.41. The molecule has 10 atom stereocenters. The molecule has 0 radical (unpaired) electrons. The van der Waals surface area contributed by atoms with Crippen molar-refractivity contribution in [2.75, 3.05) is 7.05 Å². The number of likely N-dealkylation sites (N-methyl/N-ethyl adjacent to an activating group) is 1. The van der Waals surface area contributed by atoms with Crippen molar-refractivity contribution in [3.8, 4) is 0 Å². The Morgan fingerprint density at radius 2 is 1.84 bits per heavy atom. The molecule has 2 aliphatic rings. The van der Waals surface area contributed by atoms with Gasteiger partial charge in [-0.2, -0.15) is 0 Å². The van der Waals surface area contributed by atoms with Crippen LogP contribution >= 0.6 is 0 Å². The molecule has 0 aromatic carbocycles. The molecular weight excluding hydrogens is 398 g/mol. The molecule has 31 heavy (non-hydrogen) atoms. The highest BCUT2D eigenvalue weighted by molar-refractivity contribution is 5.91. The Balaban J connectivity index is 2.31. The number of aliphatic hydroxyl groups is 1. The smallest absolute Gasteiger partial charge is 0.311 e. The zero-order valence-corrected chi connectivity index (χ0v) is 20.0. The van der Waals surface area contributed by atoms with Crippen LogP contribution in [-0.4, -0.2) is 60.7 Å². The molecule has 2 heterocycles. The second-order valence-corrected chi connectivity index (χ2v) is 9.44. The molecule has 0 spiro atoms. The van der Waals surface area contributed by atoms with E-state index in [-0.39, 0.29) is 47.8 Å². The van der Waals surface area contributed by atoms with Gasteiger partial charge in [0.2, 0.25) is 0 Å². The fourth-order valence-electron chi connectivity index (χ4n) is 4.65. The molecule has 1 fully saturated rings. The summed E-state index contributed by atoms with van der Waals surface area (Å²) in [6.07, 6.45) is 2.67. The first kappa shape index (κ1) is 26.0. The first-order valence-corrected chi connectivity index (χ1v) is 11.7. The fraction of sp³-hybridized carbons (Fsp3) is 0.833. The number of carbonyl (C=O) groups is 2. The number of ether oxygens (including phenoxy) is 3. The van der Waals surface area contributed by atoms with Crippen LogP contribution in [0.25, 0.3) is 0 Å². The van der Waals surface area contributed by atoms with Crippen LogP contribution in [0.3, 0.4) is 0 Å². The minimum Gasteiger partial charge on any atom is -0.461 e. The number of aliphatic hydroxyl groups excluding tert-OH is 1. The van der Waals surface area contributed by atoms with Gasteiger partial charge in [-0.25, -0.2) is 0 Å². The van der Waals surface area contributed by atoms with Crippen LogP contribution in [-0.2, 0) is 23.8 Å². The number of carbonyl (C=O) groups excluding carboxylic acids is 2. The molecule has 0 aliphatic carbocycles. The maximum atomic E-state index is 13.0. The Morgan fingerprint density at radius 1 is 1.16 bits per heavy atom. The van der Waals surface area contributed by atoms with E-state index in [1.54, 1.807) is 20.0 Å². The number of esters is 1. The molecule has 2 aliphatic heterocycles. The van der Waals surface area contributed by atoms with Crippen molar-refractivity contribution in [3.63, 3.8) is 0 Å². The molecule has 4 unspecified atom stereocenters. The van der Waals surface area contributed by atoms with Crippen molar-refractivity contribution in [1.29, 1.82) is 0 Å². The van der Waals surface area contributed by atoms with E-state index in [1.807, 2.05) is 40.7 Å². The van der Waals surface area contributed by atoms with E-state index >= 15 is 0 Å². The second kappa shape index (κ2) is 11.5. The molecule has 2 rings (SSSR count). The summed E-state index contributed by atoms with van der Waals surface area (Å²) in [4.78, 5) is 25.7. The zero-order chi connectivity index (χ0) is 23.3. The summed E-state index contributed by atoms with van der Waals surface area (Å²) in [5, 5.41) is 13.9. The highest BCUT2D eigenvalue weighted by atomic mass is 16.7. The van der Waals surface area contributed by atoms with Gasteiger partial charge < -0.3 is 24.6 Å². The van der Waals surface area contributed by atoms with Gasteiger partial charge in [-0.05, 0) is 52.2 Å². The molecular formula is C24H41NO6. The maximum absolute atomic E-state index is 13.0. The second-order valence-electron chi connectivity index (χ2n) is 9.44. The Kier molecular flexibility index (Phi) is 9.67. The van der Waals surface area contributed by atoms with Gasteiger partial charge in [0.05, 0.1) is 18.1 Å². The molecule has 7 nitrogen and oxygen atoms in total. The van der Waals surface area contributed by atoms with Gasteiger partial charge in [-0.15, -0.1) is 0 Å². The van der Waals surface area contributed by atoms with Gasteiger partial charge >= 0.3 is 5.97 Å². The number of rotatable bonds is 4. The topological polar surface area (TPSA) is 94.1 Å². The molecule has 0 saturated carbocycles. The van der Waals surface area contributed by atoms with Gasteiger partial charge in [0.15, 0.2) is 12.1 Å². The number of nitrogens with one attached hydrogen (secondary N) is 1. The molecule has 0 aromatic heterocycles. The molecule has 178 valence electrons. The number of hydrogen-bond acceptors (Lipinski definition) is 7. The average molecular weight is 440 g/mol. The third-order valence-electron chi connectivity index (χ3n) is 6.76. The summed E-state index contributed by atoms with van der Waals surface area (Å²) in [6, 6.07) is -0.159. The monoisotopic (exact) mass is 439 g/mol. The lowest BCUT2D eigenvalue weighted by Crippen LogP contribution is -2.55. The van der Waals surface area contributed by atoms with Crippen molar-refractivity contribution >= 4 is 11.8 Å². The first-order chi connectivity index (χ1) is 14.6. The third kappa shape index (κ3) is 6.60. The Bertz CT molecular complexity index is 638. The van der Waals surface area contributed by atoms with Gasteiger partial charge in [0.25, 0.3) is 0 Å². The first-order valence-electron chi connectivity index (χ1n) is 11.7. The van der Waals surface area contributed by atoms with Crippen molar-refractivity contribution in [2.24, 2.45) is 23.7 Å². The predicted molar refractivity (Wildman–Crippen MR) is 118 cm³/mol. The Labute approximate surface area is 186 Å². The van der Waals surface area contributed by atoms with Crippen LogP contribution in [0, 0.1) is 23.7 Å². The van der Waals surface area contributed by atoms with Crippen LogP contribution in [0.15, 0.2) is 12.2 Å². The quantitative estimate of drug-likeness (QED) is 0.651. The minimum atomic E-state index is -0.858. The van der Waals surface area contributed by atoms with E-state index in [2.05, 4.69) is 5.32 Å². The molecule has 2 N–H and O–H groups in total. The standard InChI is InChI=1S/C24H41NO6/c1-8-20-13(2)9-10-19(26)14(3)11-15(4)22(17(6)23(28)30-20)31-24-21(27)18(25-7)12-16(5)29-24/h9-10,13-18,20-22,24-25,27H,8,11-12H2,1-7H3/b10-9+/t13-,14-,15+,16?,17-,18?,20-,21?,22+,24?/m1/s1. The number of hydrogen-bond donors (Lipinski definition) is 2. The van der Waals surface area contributed by atoms with Crippen LogP contribution in [0.5, 0.6) is 0 Å². The van der Waals surface area contributed by atoms with Crippen LogP contribution in [0.1, 0.15) is 60.8 Å². The van der Waals surface area contributed by atoms with E-state index in [0.717, 1.165) is 0 Å². The normalized spacial score (nSPS) is 44.1. The largest absolute Gasteiger partial charge is 0.461 e. The van der Waals surface area contributed by atoms with Crippen molar-refractivity contribution < 1.29 is 28.9 Å². The fourth-order valence-corrected chi connectivity index (χ4v) is 4.65. The van der Waals surface area contributed by atoms with Gasteiger partial charge in [-0.3, -0.25) is 9.59 Å². The summed E-state index contributed by atoms with van der Waals surface area (Å²) in [5.41, 5.74) is 0. The summed E-state index contributed by atoms with van der Waals surface area (Å²) in [6.45, 7) is 11.5. The van der Waals surface area contributed by atoms with E-state index in [4.69, 9.17) is 14.2 Å². The van der Waals surface area contributed by atoms with E-state index in [1.165, 1.54) is 0 Å². The lowest BCUT2D eigenvalue weighted by molar-refractivity contribution is -0.272. The highest BCUT2D eigenvalue weighted by Gasteiger charge is 2.41. The van der Waals surface area contributed by atoms with Gasteiger partial charge in [0.1, 0.15) is 12.2 Å². The number of cyclic esters (lactones) is 1. The zero-order valence-electron chi connectivity index (χ0n) is 20.0. The molecule has 1 saturated heterocycles. The van der Waals surface area contributed by atoms with E-state index in [9.17, 15) is 14.7 Å². The van der Waals surface area contributed by atoms with Gasteiger partial charge in [0, 0.05) is 17.9 Å². The van der Waals surface area contributed by atoms with Crippen LogP contribution in [0.2, 0.25) is 0 Å². The molecule has 0 aromatic rings. The summed E-state index contributed by atoms with van der Waals surface area (Å²) in [5.74, 6) is -1.21. The predicted octanol–water partition coefficient (Wildman–Crippen LogP) is 2.85. The summed E-state index contributed by atoms with van der Waals surface area (Å²) >= 11 is 0. The molecule has 0 amide bonds. The van der Waals surface area contributed by atoms with E-state index in [0.29, 0.717) is 19.3 Å². The van der Waals surface area contributed by atoms with Crippen molar-refractivity contribution in [2.45, 2.75) is 97.6 Å². The number of ketones is 1. The molecule has 7 heteroatoms. The lowest BCUT2D eigenvalue weighted by atomic mass is 9.84.